The van der Waals surface area contributed by atoms with E-state index in [0.29, 0.717) is 12.0 Å². The van der Waals surface area contributed by atoms with Crippen LogP contribution in [0.2, 0.25) is 0 Å². The fourth-order valence-electron chi connectivity index (χ4n) is 2.06. The van der Waals surface area contributed by atoms with Crippen LogP contribution in [0.1, 0.15) is 10.6 Å². The zero-order valence-corrected chi connectivity index (χ0v) is 10.8. The number of carbonyl (C=O) groups is 1. The molecule has 0 spiro atoms. The highest BCUT2D eigenvalue weighted by Crippen LogP contribution is 2.26. The minimum atomic E-state index is -0.532. The number of hydrogen-bond donors (Lipinski definition) is 0. The second-order valence-corrected chi connectivity index (χ2v) is 4.39. The summed E-state index contributed by atoms with van der Waals surface area (Å²) in [5.74, 6) is -0.135. The van der Waals surface area contributed by atoms with Gasteiger partial charge in [-0.05, 0) is 36.4 Å². The molecule has 0 aliphatic heterocycles. The van der Waals surface area contributed by atoms with Gasteiger partial charge in [0.15, 0.2) is 12.0 Å². The van der Waals surface area contributed by atoms with Gasteiger partial charge in [-0.2, -0.15) is 0 Å². The topological polar surface area (TPSA) is 52.2 Å². The van der Waals surface area contributed by atoms with Crippen LogP contribution < -0.4 is 5.56 Å². The van der Waals surface area contributed by atoms with Crippen molar-refractivity contribution in [3.8, 4) is 17.0 Å². The molecule has 3 aromatic rings. The van der Waals surface area contributed by atoms with Crippen LogP contribution in [-0.4, -0.2) is 10.9 Å². The summed E-state index contributed by atoms with van der Waals surface area (Å²) < 4.78 is 20.7. The van der Waals surface area contributed by atoms with E-state index in [9.17, 15) is 14.0 Å². The molecule has 4 nitrogen and oxygen atoms in total. The zero-order chi connectivity index (χ0) is 14.8. The van der Waals surface area contributed by atoms with Crippen molar-refractivity contribution >= 4 is 6.29 Å². The van der Waals surface area contributed by atoms with Crippen LogP contribution in [-0.2, 0) is 0 Å². The van der Waals surface area contributed by atoms with Gasteiger partial charge in [0, 0.05) is 12.3 Å². The molecule has 0 atom stereocenters. The summed E-state index contributed by atoms with van der Waals surface area (Å²) in [4.78, 5) is 22.3. The second kappa shape index (κ2) is 5.20. The molecular formula is C16H10FNO3. The van der Waals surface area contributed by atoms with Gasteiger partial charge in [-0.1, -0.05) is 6.07 Å². The number of hydrogen-bond acceptors (Lipinski definition) is 3. The molecule has 0 unspecified atom stereocenters. The normalized spacial score (nSPS) is 10.5. The minimum absolute atomic E-state index is 0.132. The minimum Gasteiger partial charge on any atom is -0.453 e. The van der Waals surface area contributed by atoms with Gasteiger partial charge in [0.1, 0.15) is 11.6 Å². The van der Waals surface area contributed by atoms with E-state index in [1.54, 1.807) is 24.4 Å². The molecule has 2 aromatic heterocycles. The van der Waals surface area contributed by atoms with Crippen molar-refractivity contribution in [3.05, 3.63) is 76.7 Å². The Labute approximate surface area is 119 Å². The number of furan rings is 1. The lowest BCUT2D eigenvalue weighted by Gasteiger charge is -2.07. The molecule has 21 heavy (non-hydrogen) atoms. The number of rotatable bonds is 3. The molecule has 0 fully saturated rings. The van der Waals surface area contributed by atoms with Crippen molar-refractivity contribution < 1.29 is 13.6 Å². The lowest BCUT2D eigenvalue weighted by Crippen LogP contribution is -2.15. The second-order valence-electron chi connectivity index (χ2n) is 4.39. The Hall–Kier alpha value is -2.95. The lowest BCUT2D eigenvalue weighted by molar-refractivity contribution is 0.110. The summed E-state index contributed by atoms with van der Waals surface area (Å²) in [6.07, 6.45) is 2.12. The third-order valence-corrected chi connectivity index (χ3v) is 3.06. The summed E-state index contributed by atoms with van der Waals surface area (Å²) >= 11 is 0. The van der Waals surface area contributed by atoms with Crippen LogP contribution in [0.25, 0.3) is 17.0 Å². The molecule has 5 heteroatoms. The van der Waals surface area contributed by atoms with Crippen molar-refractivity contribution in [3.63, 3.8) is 0 Å². The van der Waals surface area contributed by atoms with Gasteiger partial charge < -0.3 is 4.42 Å². The van der Waals surface area contributed by atoms with Crippen LogP contribution in [0.15, 0.2) is 63.9 Å². The predicted octanol–water partition coefficient (Wildman–Crippen LogP) is 3.05. The molecule has 0 saturated carbocycles. The smallest absolute Gasteiger partial charge is 0.255 e. The quantitative estimate of drug-likeness (QED) is 0.694. The first-order valence-corrected chi connectivity index (χ1v) is 6.22. The molecule has 0 radical (unpaired) electrons. The Kier molecular flexibility index (Phi) is 3.23. The number of benzene rings is 1. The third kappa shape index (κ3) is 2.41. The lowest BCUT2D eigenvalue weighted by atomic mass is 10.1. The van der Waals surface area contributed by atoms with E-state index < -0.39 is 5.82 Å². The Morgan fingerprint density at radius 3 is 2.62 bits per heavy atom. The molecular weight excluding hydrogens is 273 g/mol. The van der Waals surface area contributed by atoms with E-state index in [0.717, 1.165) is 0 Å². The van der Waals surface area contributed by atoms with Crippen molar-refractivity contribution in [1.29, 1.82) is 0 Å². The molecule has 2 heterocycles. The Morgan fingerprint density at radius 2 is 1.95 bits per heavy atom. The van der Waals surface area contributed by atoms with Crippen LogP contribution >= 0.6 is 0 Å². The fourth-order valence-corrected chi connectivity index (χ4v) is 2.06. The number of aromatic nitrogens is 1. The zero-order valence-electron chi connectivity index (χ0n) is 10.8. The molecule has 0 saturated heterocycles. The van der Waals surface area contributed by atoms with Gasteiger partial charge in [-0.3, -0.25) is 14.2 Å². The molecule has 3 rings (SSSR count). The van der Waals surface area contributed by atoms with Crippen LogP contribution in [0.3, 0.4) is 0 Å². The number of halogens is 1. The maximum absolute atomic E-state index is 14.2. The molecule has 0 aliphatic rings. The molecule has 0 aliphatic carbocycles. The first-order chi connectivity index (χ1) is 10.2. The van der Waals surface area contributed by atoms with Gasteiger partial charge >= 0.3 is 0 Å². The van der Waals surface area contributed by atoms with E-state index in [4.69, 9.17) is 4.42 Å². The van der Waals surface area contributed by atoms with Gasteiger partial charge in [-0.25, -0.2) is 4.39 Å². The van der Waals surface area contributed by atoms with Crippen LogP contribution in [0.4, 0.5) is 4.39 Å². The average molecular weight is 283 g/mol. The summed E-state index contributed by atoms with van der Waals surface area (Å²) in [5, 5.41) is 0. The van der Waals surface area contributed by atoms with Crippen molar-refractivity contribution in [1.82, 2.24) is 4.57 Å². The monoisotopic (exact) mass is 283 g/mol. The molecule has 0 bridgehead atoms. The average Bonchev–Trinajstić information content (AvgIpc) is 2.96. The molecule has 0 amide bonds. The van der Waals surface area contributed by atoms with Gasteiger partial charge in [0.05, 0.1) is 11.3 Å². The number of pyridine rings is 1. The van der Waals surface area contributed by atoms with Gasteiger partial charge in [0.25, 0.3) is 5.56 Å². The van der Waals surface area contributed by atoms with Crippen molar-refractivity contribution in [2.75, 3.05) is 0 Å². The van der Waals surface area contributed by atoms with E-state index in [1.165, 1.54) is 34.9 Å². The summed E-state index contributed by atoms with van der Waals surface area (Å²) in [6, 6.07) is 12.1. The third-order valence-electron chi connectivity index (χ3n) is 3.06. The molecule has 0 N–H and O–H groups in total. The maximum Gasteiger partial charge on any atom is 0.255 e. The fraction of sp³-hybridized carbons (Fsp3) is 0. The summed E-state index contributed by atoms with van der Waals surface area (Å²) in [6.45, 7) is 0. The first kappa shape index (κ1) is 13.1. The standard InChI is InChI=1S/C16H10FNO3/c17-14-9-11(18-8-2-1-3-16(18)20)4-6-13(14)15-7-5-12(10-19)21-15/h1-10H. The number of nitrogens with zero attached hydrogens (tertiary/aromatic N) is 1. The first-order valence-electron chi connectivity index (χ1n) is 6.22. The van der Waals surface area contributed by atoms with E-state index in [2.05, 4.69) is 0 Å². The number of aldehydes is 1. The maximum atomic E-state index is 14.2. The highest BCUT2D eigenvalue weighted by Gasteiger charge is 2.11. The Morgan fingerprint density at radius 1 is 1.10 bits per heavy atom. The van der Waals surface area contributed by atoms with Crippen molar-refractivity contribution in [2.24, 2.45) is 0 Å². The largest absolute Gasteiger partial charge is 0.453 e. The molecule has 104 valence electrons. The number of carbonyl (C=O) groups excluding carboxylic acids is 1. The van der Waals surface area contributed by atoms with Crippen molar-refractivity contribution in [2.45, 2.75) is 0 Å². The predicted molar refractivity (Wildman–Crippen MR) is 75.1 cm³/mol. The van der Waals surface area contributed by atoms with E-state index in [-0.39, 0.29) is 22.6 Å². The highest BCUT2D eigenvalue weighted by atomic mass is 19.1. The van der Waals surface area contributed by atoms with Crippen LogP contribution in [0, 0.1) is 5.82 Å². The van der Waals surface area contributed by atoms with Gasteiger partial charge in [0.2, 0.25) is 0 Å². The van der Waals surface area contributed by atoms with Crippen LogP contribution in [0.5, 0.6) is 0 Å². The van der Waals surface area contributed by atoms with Gasteiger partial charge in [-0.15, -0.1) is 0 Å². The molecule has 1 aromatic carbocycles. The Bertz CT molecular complexity index is 864. The summed E-state index contributed by atoms with van der Waals surface area (Å²) in [7, 11) is 0. The van der Waals surface area contributed by atoms with E-state index in [1.807, 2.05) is 0 Å². The summed E-state index contributed by atoms with van der Waals surface area (Å²) in [5.41, 5.74) is 0.408. The highest BCUT2D eigenvalue weighted by molar-refractivity contribution is 5.73. The SMILES string of the molecule is O=Cc1ccc(-c2ccc(-n3ccccc3=O)cc2F)o1. The van der Waals surface area contributed by atoms with E-state index >= 15 is 0 Å². The Balaban J connectivity index is 2.06.